The number of hydrogen-bond donors (Lipinski definition) is 0. The molecule has 0 N–H and O–H groups in total. The first-order valence-electron chi connectivity index (χ1n) is 9.46. The van der Waals surface area contributed by atoms with Crippen LogP contribution < -0.4 is 0 Å². The first kappa shape index (κ1) is 17.3. The molecule has 1 unspecified atom stereocenters. The highest BCUT2D eigenvalue weighted by Gasteiger charge is 2.45. The van der Waals surface area contributed by atoms with Gasteiger partial charge in [-0.05, 0) is 47.2 Å². The highest BCUT2D eigenvalue weighted by molar-refractivity contribution is 5.91. The van der Waals surface area contributed by atoms with Gasteiger partial charge in [-0.15, -0.1) is 0 Å². The molecule has 0 saturated carbocycles. The number of benzene rings is 3. The van der Waals surface area contributed by atoms with Crippen LogP contribution in [0.2, 0.25) is 0 Å². The molecule has 0 saturated heterocycles. The van der Waals surface area contributed by atoms with Crippen molar-refractivity contribution in [3.63, 3.8) is 0 Å². The van der Waals surface area contributed by atoms with Crippen LogP contribution in [-0.4, -0.2) is 0 Å². The molecule has 132 valence electrons. The lowest BCUT2D eigenvalue weighted by Crippen LogP contribution is -2.29. The maximum Gasteiger partial charge on any atom is 0.0713 e. The Hall–Kier alpha value is -3.12. The van der Waals surface area contributed by atoms with Crippen LogP contribution in [0.25, 0.3) is 5.57 Å². The number of rotatable bonds is 4. The molecule has 1 aliphatic carbocycles. The van der Waals surface area contributed by atoms with Crippen LogP contribution in [0, 0.1) is 6.92 Å². The number of fused-ring (bicyclic) bond motifs is 1. The Morgan fingerprint density at radius 2 is 1.41 bits per heavy atom. The van der Waals surface area contributed by atoms with E-state index in [1.165, 1.54) is 39.0 Å². The molecular weight excluding hydrogens is 324 g/mol. The van der Waals surface area contributed by atoms with Crippen LogP contribution in [0.1, 0.15) is 34.7 Å². The minimum atomic E-state index is -0.332. The van der Waals surface area contributed by atoms with Gasteiger partial charge in [-0.25, -0.2) is 0 Å². The second kappa shape index (κ2) is 6.89. The number of hydrogen-bond acceptors (Lipinski definition) is 0. The van der Waals surface area contributed by atoms with Gasteiger partial charge in [0.05, 0.1) is 5.41 Å². The summed E-state index contributed by atoms with van der Waals surface area (Å²) in [5.41, 5.74) is 8.61. The zero-order chi connectivity index (χ0) is 18.9. The van der Waals surface area contributed by atoms with Gasteiger partial charge in [0.25, 0.3) is 0 Å². The van der Waals surface area contributed by atoms with Crippen molar-refractivity contribution in [2.75, 3.05) is 0 Å². The van der Waals surface area contributed by atoms with Gasteiger partial charge in [-0.2, -0.15) is 0 Å². The maximum atomic E-state index is 4.15. The van der Waals surface area contributed by atoms with Crippen LogP contribution in [0.3, 0.4) is 0 Å². The van der Waals surface area contributed by atoms with E-state index in [0.717, 1.165) is 0 Å². The van der Waals surface area contributed by atoms with Gasteiger partial charge < -0.3 is 0 Å². The van der Waals surface area contributed by atoms with Crippen molar-refractivity contribution >= 4 is 5.57 Å². The molecule has 0 heterocycles. The molecule has 0 spiro atoms. The molecule has 1 atom stereocenters. The topological polar surface area (TPSA) is 0 Å². The third kappa shape index (κ3) is 2.52. The highest BCUT2D eigenvalue weighted by Crippen LogP contribution is 2.55. The van der Waals surface area contributed by atoms with E-state index in [4.69, 9.17) is 0 Å². The molecule has 0 nitrogen and oxygen atoms in total. The van der Waals surface area contributed by atoms with Crippen molar-refractivity contribution in [2.24, 2.45) is 0 Å². The molecule has 3 aromatic rings. The third-order valence-corrected chi connectivity index (χ3v) is 5.54. The summed E-state index contributed by atoms with van der Waals surface area (Å²) in [7, 11) is 0. The summed E-state index contributed by atoms with van der Waals surface area (Å²) in [4.78, 5) is 0. The van der Waals surface area contributed by atoms with E-state index < -0.39 is 0 Å². The SMILES string of the molecule is C=CC1=C(/C=C\C)C(c2ccccc2)(c2ccc(C)cc2)c2ccccc21. The minimum absolute atomic E-state index is 0.332. The summed E-state index contributed by atoms with van der Waals surface area (Å²) in [6.07, 6.45) is 6.40. The summed E-state index contributed by atoms with van der Waals surface area (Å²) in [5.74, 6) is 0. The van der Waals surface area contributed by atoms with Crippen molar-refractivity contribution in [1.29, 1.82) is 0 Å². The molecular formula is C27H24. The average Bonchev–Trinajstić information content (AvgIpc) is 3.00. The third-order valence-electron chi connectivity index (χ3n) is 5.54. The summed E-state index contributed by atoms with van der Waals surface area (Å²) in [6.45, 7) is 8.37. The van der Waals surface area contributed by atoms with Crippen molar-refractivity contribution in [3.05, 3.63) is 137 Å². The predicted molar refractivity (Wildman–Crippen MR) is 116 cm³/mol. The summed E-state index contributed by atoms with van der Waals surface area (Å²) in [6, 6.07) is 28.5. The zero-order valence-corrected chi connectivity index (χ0v) is 15.9. The van der Waals surface area contributed by atoms with E-state index in [0.29, 0.717) is 0 Å². The molecule has 0 aliphatic heterocycles. The lowest BCUT2D eigenvalue weighted by Gasteiger charge is -2.35. The second-order valence-corrected chi connectivity index (χ2v) is 7.06. The Morgan fingerprint density at radius 1 is 0.778 bits per heavy atom. The fourth-order valence-electron chi connectivity index (χ4n) is 4.42. The fraction of sp³-hybridized carbons (Fsp3) is 0.111. The van der Waals surface area contributed by atoms with Crippen LogP contribution in [-0.2, 0) is 5.41 Å². The molecule has 0 amide bonds. The van der Waals surface area contributed by atoms with Gasteiger partial charge in [-0.1, -0.05) is 109 Å². The van der Waals surface area contributed by atoms with Crippen LogP contribution in [0.15, 0.2) is 109 Å². The molecule has 0 radical (unpaired) electrons. The van der Waals surface area contributed by atoms with Crippen molar-refractivity contribution in [3.8, 4) is 0 Å². The second-order valence-electron chi connectivity index (χ2n) is 7.06. The zero-order valence-electron chi connectivity index (χ0n) is 15.9. The molecule has 0 heteroatoms. The largest absolute Gasteiger partial charge is 0.0984 e. The first-order chi connectivity index (χ1) is 13.2. The summed E-state index contributed by atoms with van der Waals surface area (Å²) in [5, 5.41) is 0. The quantitative estimate of drug-likeness (QED) is 0.483. The average molecular weight is 348 g/mol. The molecule has 0 fully saturated rings. The van der Waals surface area contributed by atoms with Crippen molar-refractivity contribution in [1.82, 2.24) is 0 Å². The lowest BCUT2D eigenvalue weighted by molar-refractivity contribution is 0.761. The van der Waals surface area contributed by atoms with Crippen LogP contribution >= 0.6 is 0 Å². The summed E-state index contributed by atoms with van der Waals surface area (Å²) >= 11 is 0. The van der Waals surface area contributed by atoms with Gasteiger partial charge in [0.15, 0.2) is 0 Å². The maximum absolute atomic E-state index is 4.15. The van der Waals surface area contributed by atoms with Crippen molar-refractivity contribution in [2.45, 2.75) is 19.3 Å². The van der Waals surface area contributed by atoms with E-state index in [-0.39, 0.29) is 5.41 Å². The van der Waals surface area contributed by atoms with Crippen molar-refractivity contribution < 1.29 is 0 Å². The van der Waals surface area contributed by atoms with Crippen LogP contribution in [0.4, 0.5) is 0 Å². The smallest absolute Gasteiger partial charge is 0.0713 e. The Bertz CT molecular complexity index is 1030. The number of allylic oxidation sites excluding steroid dienone is 5. The Labute approximate surface area is 162 Å². The molecule has 4 rings (SSSR count). The Kier molecular flexibility index (Phi) is 4.41. The molecule has 0 aromatic heterocycles. The van der Waals surface area contributed by atoms with E-state index in [9.17, 15) is 0 Å². The van der Waals surface area contributed by atoms with Gasteiger partial charge >= 0.3 is 0 Å². The van der Waals surface area contributed by atoms with Gasteiger partial charge in [-0.3, -0.25) is 0 Å². The Balaban J connectivity index is 2.19. The first-order valence-corrected chi connectivity index (χ1v) is 9.46. The molecule has 1 aliphatic rings. The van der Waals surface area contributed by atoms with E-state index in [2.05, 4.69) is 111 Å². The molecule has 27 heavy (non-hydrogen) atoms. The standard InChI is InChI=1S/C27H24/c1-4-11-25-23(5-2)24-14-9-10-15-26(24)27(25,21-12-7-6-8-13-21)22-18-16-20(3)17-19-22/h4-19H,2H2,1,3H3/b11-4-. The normalized spacial score (nSPS) is 18.7. The number of aryl methyl sites for hydroxylation is 1. The lowest BCUT2D eigenvalue weighted by atomic mass is 9.66. The van der Waals surface area contributed by atoms with E-state index in [1.54, 1.807) is 0 Å². The monoisotopic (exact) mass is 348 g/mol. The van der Waals surface area contributed by atoms with E-state index in [1.807, 2.05) is 6.08 Å². The molecule has 3 aromatic carbocycles. The predicted octanol–water partition coefficient (Wildman–Crippen LogP) is 6.86. The van der Waals surface area contributed by atoms with Gasteiger partial charge in [0.1, 0.15) is 0 Å². The fourth-order valence-corrected chi connectivity index (χ4v) is 4.42. The minimum Gasteiger partial charge on any atom is -0.0984 e. The highest BCUT2D eigenvalue weighted by atomic mass is 14.5. The van der Waals surface area contributed by atoms with Crippen LogP contribution in [0.5, 0.6) is 0 Å². The Morgan fingerprint density at radius 3 is 2.07 bits per heavy atom. The van der Waals surface area contributed by atoms with Gasteiger partial charge in [0, 0.05) is 0 Å². The molecule has 0 bridgehead atoms. The van der Waals surface area contributed by atoms with E-state index >= 15 is 0 Å². The summed E-state index contributed by atoms with van der Waals surface area (Å²) < 4.78 is 0. The van der Waals surface area contributed by atoms with Gasteiger partial charge in [0.2, 0.25) is 0 Å².